The number of thiazole rings is 1. The van der Waals surface area contributed by atoms with E-state index in [0.717, 1.165) is 16.8 Å². The first-order valence-electron chi connectivity index (χ1n) is 10.5. The number of rotatable bonds is 5. The van der Waals surface area contributed by atoms with Gasteiger partial charge < -0.3 is 9.64 Å². The molecule has 0 saturated carbocycles. The number of hydrogen-bond acceptors (Lipinski definition) is 6. The first-order valence-corrected chi connectivity index (χ1v) is 11.7. The molecule has 1 aliphatic heterocycles. The number of aromatic nitrogens is 1. The second-order valence-corrected chi connectivity index (χ2v) is 9.29. The van der Waals surface area contributed by atoms with Gasteiger partial charge in [-0.3, -0.25) is 9.36 Å². The number of benzene rings is 2. The van der Waals surface area contributed by atoms with Crippen molar-refractivity contribution in [3.8, 4) is 0 Å². The largest absolute Gasteiger partial charge is 0.463 e. The average molecular weight is 482 g/mol. The molecule has 3 aromatic rings. The van der Waals surface area contributed by atoms with Gasteiger partial charge in [-0.1, -0.05) is 47.2 Å². The minimum Gasteiger partial charge on any atom is -0.463 e. The number of anilines is 1. The molecule has 0 amide bonds. The molecule has 1 aromatic heterocycles. The van der Waals surface area contributed by atoms with E-state index in [9.17, 15) is 9.59 Å². The Labute approximate surface area is 200 Å². The monoisotopic (exact) mass is 481 g/mol. The van der Waals surface area contributed by atoms with E-state index in [2.05, 4.69) is 4.99 Å². The minimum atomic E-state index is -0.643. The second kappa shape index (κ2) is 9.37. The SMILES string of the molecule is CCOC(=O)C1=C(C)N=c2s/c(=C/c3ccc(N(C)C)cc3)c(=O)n2C1c1ccc(Cl)cc1. The standard InChI is InChI=1S/C25H24ClN3O3S/c1-5-32-24(31)21-15(2)27-25-29(22(21)17-8-10-18(26)11-9-17)23(30)20(33-25)14-16-6-12-19(13-7-16)28(3)4/h6-14,22H,5H2,1-4H3/b20-14+. The number of esters is 1. The van der Waals surface area contributed by atoms with Crippen LogP contribution in [-0.4, -0.2) is 31.2 Å². The van der Waals surface area contributed by atoms with Crippen LogP contribution in [0.5, 0.6) is 0 Å². The first kappa shape index (κ1) is 23.0. The lowest BCUT2D eigenvalue weighted by Gasteiger charge is -2.24. The summed E-state index contributed by atoms with van der Waals surface area (Å²) in [5.74, 6) is -0.479. The predicted molar refractivity (Wildman–Crippen MR) is 133 cm³/mol. The van der Waals surface area contributed by atoms with Crippen molar-refractivity contribution in [3.05, 3.63) is 95.6 Å². The van der Waals surface area contributed by atoms with Gasteiger partial charge >= 0.3 is 5.97 Å². The molecule has 1 atom stereocenters. The second-order valence-electron chi connectivity index (χ2n) is 7.84. The Morgan fingerprint density at radius 1 is 1.18 bits per heavy atom. The first-order chi connectivity index (χ1) is 15.8. The molecule has 2 heterocycles. The van der Waals surface area contributed by atoms with Gasteiger partial charge in [-0.2, -0.15) is 0 Å². The minimum absolute atomic E-state index is 0.204. The summed E-state index contributed by atoms with van der Waals surface area (Å²) in [4.78, 5) is 33.6. The maximum Gasteiger partial charge on any atom is 0.338 e. The lowest BCUT2D eigenvalue weighted by molar-refractivity contribution is -0.139. The third-order valence-electron chi connectivity index (χ3n) is 5.41. The Morgan fingerprint density at radius 2 is 1.85 bits per heavy atom. The van der Waals surface area contributed by atoms with E-state index < -0.39 is 12.0 Å². The fourth-order valence-corrected chi connectivity index (χ4v) is 4.94. The van der Waals surface area contributed by atoms with E-state index in [1.54, 1.807) is 30.5 Å². The van der Waals surface area contributed by atoms with Crippen LogP contribution in [0.25, 0.3) is 6.08 Å². The molecule has 6 nitrogen and oxygen atoms in total. The zero-order valence-electron chi connectivity index (χ0n) is 18.8. The molecule has 0 radical (unpaired) electrons. The molecule has 170 valence electrons. The van der Waals surface area contributed by atoms with Crippen LogP contribution in [-0.2, 0) is 9.53 Å². The van der Waals surface area contributed by atoms with E-state index in [1.807, 2.05) is 61.5 Å². The van der Waals surface area contributed by atoms with Gasteiger partial charge in [0.05, 0.1) is 28.5 Å². The van der Waals surface area contributed by atoms with Crippen molar-refractivity contribution >= 4 is 40.7 Å². The zero-order chi connectivity index (χ0) is 23.7. The van der Waals surface area contributed by atoms with Crippen LogP contribution in [0.4, 0.5) is 5.69 Å². The van der Waals surface area contributed by atoms with Gasteiger partial charge in [0.2, 0.25) is 0 Å². The number of nitrogens with zero attached hydrogens (tertiary/aromatic N) is 3. The van der Waals surface area contributed by atoms with Crippen molar-refractivity contribution in [1.29, 1.82) is 0 Å². The number of fused-ring (bicyclic) bond motifs is 1. The fourth-order valence-electron chi connectivity index (χ4n) is 3.77. The van der Waals surface area contributed by atoms with Crippen molar-refractivity contribution in [2.24, 2.45) is 4.99 Å². The highest BCUT2D eigenvalue weighted by atomic mass is 35.5. The Kier molecular flexibility index (Phi) is 6.54. The summed E-state index contributed by atoms with van der Waals surface area (Å²) in [6, 6.07) is 14.4. The Morgan fingerprint density at radius 3 is 2.45 bits per heavy atom. The zero-order valence-corrected chi connectivity index (χ0v) is 20.4. The third-order valence-corrected chi connectivity index (χ3v) is 6.64. The molecule has 0 spiro atoms. The number of halogens is 1. The van der Waals surface area contributed by atoms with Gasteiger partial charge in [0.25, 0.3) is 5.56 Å². The molecule has 0 N–H and O–H groups in total. The summed E-state index contributed by atoms with van der Waals surface area (Å²) >= 11 is 7.39. The molecule has 0 aliphatic carbocycles. The van der Waals surface area contributed by atoms with Crippen LogP contribution in [0.1, 0.15) is 31.0 Å². The van der Waals surface area contributed by atoms with Crippen LogP contribution in [0.15, 0.2) is 69.6 Å². The highest BCUT2D eigenvalue weighted by molar-refractivity contribution is 7.07. The van der Waals surface area contributed by atoms with Crippen LogP contribution in [0.3, 0.4) is 0 Å². The topological polar surface area (TPSA) is 63.9 Å². The summed E-state index contributed by atoms with van der Waals surface area (Å²) in [6.45, 7) is 3.75. The van der Waals surface area contributed by atoms with Crippen LogP contribution >= 0.6 is 22.9 Å². The number of ether oxygens (including phenoxy) is 1. The molecular formula is C25H24ClN3O3S. The Balaban J connectivity index is 1.90. The van der Waals surface area contributed by atoms with Gasteiger partial charge in [0, 0.05) is 24.8 Å². The lowest BCUT2D eigenvalue weighted by Crippen LogP contribution is -2.39. The van der Waals surface area contributed by atoms with Crippen molar-refractivity contribution in [1.82, 2.24) is 4.57 Å². The molecule has 33 heavy (non-hydrogen) atoms. The number of hydrogen-bond donors (Lipinski definition) is 0. The maximum absolute atomic E-state index is 13.5. The van der Waals surface area contributed by atoms with Gasteiger partial charge in [0.15, 0.2) is 4.80 Å². The van der Waals surface area contributed by atoms with E-state index in [-0.39, 0.29) is 12.2 Å². The lowest BCUT2D eigenvalue weighted by atomic mass is 9.96. The molecule has 1 aliphatic rings. The summed E-state index contributed by atoms with van der Waals surface area (Å²) in [7, 11) is 3.96. The molecule has 1 unspecified atom stereocenters. The smallest absolute Gasteiger partial charge is 0.338 e. The highest BCUT2D eigenvalue weighted by Crippen LogP contribution is 2.31. The van der Waals surface area contributed by atoms with Crippen molar-refractivity contribution < 1.29 is 9.53 Å². The quantitative estimate of drug-likeness (QED) is 0.523. The highest BCUT2D eigenvalue weighted by Gasteiger charge is 2.33. The number of carbonyl (C=O) groups excluding carboxylic acids is 1. The van der Waals surface area contributed by atoms with E-state index >= 15 is 0 Å². The van der Waals surface area contributed by atoms with Gasteiger partial charge in [-0.25, -0.2) is 9.79 Å². The van der Waals surface area contributed by atoms with Crippen molar-refractivity contribution in [2.75, 3.05) is 25.6 Å². The molecule has 0 saturated heterocycles. The normalized spacial score (nSPS) is 15.8. The molecule has 8 heteroatoms. The van der Waals surface area contributed by atoms with E-state index in [4.69, 9.17) is 16.3 Å². The molecule has 2 aromatic carbocycles. The third kappa shape index (κ3) is 4.51. The summed E-state index contributed by atoms with van der Waals surface area (Å²) in [5.41, 5.74) is 3.44. The molecular weight excluding hydrogens is 458 g/mol. The Bertz CT molecular complexity index is 1400. The fraction of sp³-hybridized carbons (Fsp3) is 0.240. The molecule has 0 fully saturated rings. The maximum atomic E-state index is 13.5. The van der Waals surface area contributed by atoms with Crippen LogP contribution in [0, 0.1) is 0 Å². The predicted octanol–water partition coefficient (Wildman–Crippen LogP) is 3.52. The summed E-state index contributed by atoms with van der Waals surface area (Å²) in [5, 5.41) is 0.575. The van der Waals surface area contributed by atoms with Gasteiger partial charge in [-0.05, 0) is 55.3 Å². The van der Waals surface area contributed by atoms with Gasteiger partial charge in [-0.15, -0.1) is 0 Å². The Hall–Kier alpha value is -3.16. The average Bonchev–Trinajstić information content (AvgIpc) is 3.08. The van der Waals surface area contributed by atoms with Crippen LogP contribution < -0.4 is 19.8 Å². The van der Waals surface area contributed by atoms with E-state index in [0.29, 0.717) is 25.6 Å². The molecule has 0 bridgehead atoms. The van der Waals surface area contributed by atoms with Crippen LogP contribution in [0.2, 0.25) is 5.02 Å². The number of carbonyl (C=O) groups is 1. The summed E-state index contributed by atoms with van der Waals surface area (Å²) in [6.07, 6.45) is 1.85. The summed E-state index contributed by atoms with van der Waals surface area (Å²) < 4.78 is 7.43. The van der Waals surface area contributed by atoms with Crippen molar-refractivity contribution in [2.45, 2.75) is 19.9 Å². The van der Waals surface area contributed by atoms with Gasteiger partial charge in [0.1, 0.15) is 0 Å². The number of allylic oxidation sites excluding steroid dienone is 1. The van der Waals surface area contributed by atoms with Crippen molar-refractivity contribution in [3.63, 3.8) is 0 Å². The van der Waals surface area contributed by atoms with E-state index in [1.165, 1.54) is 11.3 Å². The molecule has 4 rings (SSSR count).